The van der Waals surface area contributed by atoms with Crippen LogP contribution in [0.5, 0.6) is 0 Å². The lowest BCUT2D eigenvalue weighted by Gasteiger charge is -2.37. The lowest BCUT2D eigenvalue weighted by molar-refractivity contribution is -0.384. The lowest BCUT2D eigenvalue weighted by Crippen LogP contribution is -2.29. The van der Waals surface area contributed by atoms with Gasteiger partial charge in [-0.3, -0.25) is 10.1 Å². The first-order chi connectivity index (χ1) is 12.3. The highest BCUT2D eigenvalue weighted by atomic mass is 32.2. The van der Waals surface area contributed by atoms with Crippen molar-refractivity contribution in [3.63, 3.8) is 0 Å². The summed E-state index contributed by atoms with van der Waals surface area (Å²) in [6, 6.07) is 11.4. The molecule has 8 heteroatoms. The minimum absolute atomic E-state index is 0.0105. The van der Waals surface area contributed by atoms with Crippen LogP contribution in [0, 0.1) is 16.0 Å². The molecular formula is C18H17N3O4S. The Bertz CT molecular complexity index is 1020. The smallest absolute Gasteiger partial charge is 0.269 e. The number of fused-ring (bicyclic) bond motifs is 3. The summed E-state index contributed by atoms with van der Waals surface area (Å²) in [7, 11) is -3.76. The summed E-state index contributed by atoms with van der Waals surface area (Å²) < 4.78 is 23.3. The second-order valence-corrected chi connectivity index (χ2v) is 8.18. The third-order valence-corrected chi connectivity index (χ3v) is 6.04. The minimum atomic E-state index is -3.76. The van der Waals surface area contributed by atoms with Crippen LogP contribution in [0.1, 0.15) is 29.5 Å². The molecule has 1 aliphatic carbocycles. The van der Waals surface area contributed by atoms with Crippen molar-refractivity contribution in [2.75, 3.05) is 5.32 Å². The Hall–Kier alpha value is -2.71. The van der Waals surface area contributed by atoms with E-state index in [9.17, 15) is 18.5 Å². The zero-order chi connectivity index (χ0) is 18.5. The summed E-state index contributed by atoms with van der Waals surface area (Å²) in [6.07, 6.45) is 5.03. The molecule has 0 bridgehead atoms. The maximum absolute atomic E-state index is 11.7. The third kappa shape index (κ3) is 2.77. The number of nitro groups is 1. The molecule has 2 aromatic carbocycles. The van der Waals surface area contributed by atoms with Crippen molar-refractivity contribution < 1.29 is 13.3 Å². The lowest BCUT2D eigenvalue weighted by atomic mass is 9.77. The molecule has 4 rings (SSSR count). The average Bonchev–Trinajstić information content (AvgIpc) is 3.10. The number of rotatable bonds is 3. The van der Waals surface area contributed by atoms with Crippen LogP contribution in [0.2, 0.25) is 0 Å². The molecule has 134 valence electrons. The largest absolute Gasteiger partial charge is 0.378 e. The van der Waals surface area contributed by atoms with E-state index in [1.165, 1.54) is 18.2 Å². The van der Waals surface area contributed by atoms with Gasteiger partial charge in [-0.15, -0.1) is 0 Å². The Balaban J connectivity index is 1.74. The van der Waals surface area contributed by atoms with Gasteiger partial charge < -0.3 is 5.32 Å². The number of anilines is 1. The van der Waals surface area contributed by atoms with Gasteiger partial charge in [0, 0.05) is 23.7 Å². The number of nitrogens with zero attached hydrogens (tertiary/aromatic N) is 1. The van der Waals surface area contributed by atoms with Gasteiger partial charge in [0.1, 0.15) is 0 Å². The zero-order valence-corrected chi connectivity index (χ0v) is 14.5. The molecule has 0 amide bonds. The van der Waals surface area contributed by atoms with E-state index in [2.05, 4.69) is 17.5 Å². The first kappa shape index (κ1) is 16.7. The molecule has 0 unspecified atom stereocenters. The quantitative estimate of drug-likeness (QED) is 0.489. The number of nitro benzene ring substituents is 1. The molecule has 3 atom stereocenters. The van der Waals surface area contributed by atoms with Crippen molar-refractivity contribution in [1.29, 1.82) is 0 Å². The molecule has 1 heterocycles. The molecule has 2 aromatic rings. The monoisotopic (exact) mass is 371 g/mol. The van der Waals surface area contributed by atoms with Gasteiger partial charge in [-0.1, -0.05) is 24.3 Å². The van der Waals surface area contributed by atoms with Crippen molar-refractivity contribution in [3.8, 4) is 0 Å². The molecule has 26 heavy (non-hydrogen) atoms. The van der Waals surface area contributed by atoms with Crippen LogP contribution in [0.15, 0.2) is 59.5 Å². The third-order valence-electron chi connectivity index (χ3n) is 5.13. The predicted octanol–water partition coefficient (Wildman–Crippen LogP) is 3.07. The fourth-order valence-electron chi connectivity index (χ4n) is 3.88. The number of hydrogen-bond donors (Lipinski definition) is 2. The Morgan fingerprint density at radius 3 is 2.54 bits per heavy atom. The van der Waals surface area contributed by atoms with E-state index < -0.39 is 14.9 Å². The standard InChI is InChI=1S/C18H17N3O4S/c19-26(24,25)13-8-9-17-16(10-13)14-2-1-3-15(14)18(20-17)11-4-6-12(7-5-11)21(22)23/h1-2,4-10,14-15,18,20H,3H2,(H2,19,24,25)/t14-,15-,18-/m0/s1. The van der Waals surface area contributed by atoms with E-state index in [-0.39, 0.29) is 28.5 Å². The first-order valence-corrected chi connectivity index (χ1v) is 9.73. The predicted molar refractivity (Wildman–Crippen MR) is 97.3 cm³/mol. The highest BCUT2D eigenvalue weighted by molar-refractivity contribution is 7.89. The second-order valence-electron chi connectivity index (χ2n) is 6.62. The van der Waals surface area contributed by atoms with Crippen LogP contribution in [0.4, 0.5) is 11.4 Å². The molecule has 2 aliphatic rings. The van der Waals surface area contributed by atoms with Crippen LogP contribution < -0.4 is 10.5 Å². The van der Waals surface area contributed by atoms with Gasteiger partial charge >= 0.3 is 0 Å². The van der Waals surface area contributed by atoms with Crippen molar-refractivity contribution in [2.45, 2.75) is 23.3 Å². The van der Waals surface area contributed by atoms with Crippen LogP contribution in [0.3, 0.4) is 0 Å². The molecule has 7 nitrogen and oxygen atoms in total. The number of non-ortho nitro benzene ring substituents is 1. The van der Waals surface area contributed by atoms with Crippen molar-refractivity contribution in [1.82, 2.24) is 0 Å². The molecule has 0 saturated heterocycles. The fraction of sp³-hybridized carbons (Fsp3) is 0.222. The van der Waals surface area contributed by atoms with Gasteiger partial charge in [-0.2, -0.15) is 0 Å². The van der Waals surface area contributed by atoms with Crippen LogP contribution in [0.25, 0.3) is 0 Å². The van der Waals surface area contributed by atoms with E-state index in [1.807, 2.05) is 0 Å². The number of sulfonamides is 1. The number of allylic oxidation sites excluding steroid dienone is 2. The molecule has 0 spiro atoms. The summed E-state index contributed by atoms with van der Waals surface area (Å²) in [6.45, 7) is 0. The number of benzene rings is 2. The summed E-state index contributed by atoms with van der Waals surface area (Å²) in [5, 5.41) is 19.6. The second kappa shape index (κ2) is 5.93. The highest BCUT2D eigenvalue weighted by Gasteiger charge is 2.38. The number of nitrogens with two attached hydrogens (primary N) is 1. The van der Waals surface area contributed by atoms with Gasteiger partial charge in [-0.05, 0) is 41.7 Å². The Morgan fingerprint density at radius 2 is 1.88 bits per heavy atom. The molecule has 3 N–H and O–H groups in total. The SMILES string of the molecule is NS(=O)(=O)c1ccc2c(c1)[C@H]1C=CC[C@@H]1[C@H](c1ccc([N+](=O)[O-])cc1)N2. The van der Waals surface area contributed by atoms with Crippen LogP contribution in [-0.2, 0) is 10.0 Å². The Morgan fingerprint density at radius 1 is 1.15 bits per heavy atom. The Kier molecular flexibility index (Phi) is 3.82. The summed E-state index contributed by atoms with van der Waals surface area (Å²) in [4.78, 5) is 10.6. The van der Waals surface area contributed by atoms with Crippen LogP contribution in [-0.4, -0.2) is 13.3 Å². The van der Waals surface area contributed by atoms with Gasteiger partial charge in [0.2, 0.25) is 10.0 Å². The topological polar surface area (TPSA) is 115 Å². The Labute approximate surface area is 150 Å². The minimum Gasteiger partial charge on any atom is -0.378 e. The van der Waals surface area contributed by atoms with E-state index in [0.29, 0.717) is 0 Å². The fourth-order valence-corrected chi connectivity index (χ4v) is 4.43. The van der Waals surface area contributed by atoms with Gasteiger partial charge in [0.05, 0.1) is 15.9 Å². The summed E-state index contributed by atoms with van der Waals surface area (Å²) >= 11 is 0. The van der Waals surface area contributed by atoms with Gasteiger partial charge in [-0.25, -0.2) is 13.6 Å². The number of nitrogens with one attached hydrogen (secondary N) is 1. The van der Waals surface area contributed by atoms with Gasteiger partial charge in [0.15, 0.2) is 0 Å². The zero-order valence-electron chi connectivity index (χ0n) is 13.7. The molecule has 1 aliphatic heterocycles. The number of primary sulfonamides is 1. The van der Waals surface area contributed by atoms with Gasteiger partial charge in [0.25, 0.3) is 5.69 Å². The average molecular weight is 371 g/mol. The van der Waals surface area contributed by atoms with E-state index in [4.69, 9.17) is 5.14 Å². The maximum Gasteiger partial charge on any atom is 0.269 e. The molecule has 0 fully saturated rings. The molecular weight excluding hydrogens is 354 g/mol. The van der Waals surface area contributed by atoms with Crippen molar-refractivity contribution in [3.05, 3.63) is 75.9 Å². The normalized spacial score (nSPS) is 23.8. The van der Waals surface area contributed by atoms with Crippen molar-refractivity contribution in [2.24, 2.45) is 11.1 Å². The maximum atomic E-state index is 11.7. The van der Waals surface area contributed by atoms with E-state index >= 15 is 0 Å². The van der Waals surface area contributed by atoms with E-state index in [0.717, 1.165) is 23.2 Å². The number of hydrogen-bond acceptors (Lipinski definition) is 5. The van der Waals surface area contributed by atoms with E-state index in [1.54, 1.807) is 24.3 Å². The first-order valence-electron chi connectivity index (χ1n) is 8.19. The summed E-state index contributed by atoms with van der Waals surface area (Å²) in [5.41, 5.74) is 2.79. The molecule has 0 radical (unpaired) electrons. The van der Waals surface area contributed by atoms with Crippen molar-refractivity contribution >= 4 is 21.4 Å². The summed E-state index contributed by atoms with van der Waals surface area (Å²) in [5.74, 6) is 0.285. The van der Waals surface area contributed by atoms with Crippen LogP contribution >= 0.6 is 0 Å². The molecule has 0 aromatic heterocycles. The highest BCUT2D eigenvalue weighted by Crippen LogP contribution is 2.50. The molecule has 0 saturated carbocycles.